The fraction of sp³-hybridized carbons (Fsp3) is 0.111. The molecular formula is C36H30N4O7S2. The van der Waals surface area contributed by atoms with Crippen LogP contribution in [0.25, 0.3) is 0 Å². The number of carbonyl (C=O) groups excluding carboxylic acids is 4. The van der Waals surface area contributed by atoms with Gasteiger partial charge in [0, 0.05) is 34.0 Å². The van der Waals surface area contributed by atoms with Gasteiger partial charge in [0.15, 0.2) is 0 Å². The van der Waals surface area contributed by atoms with Crippen molar-refractivity contribution in [3.63, 3.8) is 0 Å². The molecule has 0 fully saturated rings. The standard InChI is InChI=1S/C36H30N4O7S2/c1-3-47-36(44)29-22(2)30(33(42)37-25-13-8-5-9-14-25)49-35(29)39-34(43)31(23-11-6-4-7-12-23)48-28-16-10-15-26(21-28)38-32(41)24-17-19-27(20-18-24)40(45)46/h4-21,31H,3H2,1-2H3,(H,37,42)(H,38,41)(H,39,43). The summed E-state index contributed by atoms with van der Waals surface area (Å²) >= 11 is 2.21. The summed E-state index contributed by atoms with van der Waals surface area (Å²) in [4.78, 5) is 64.6. The zero-order chi connectivity index (χ0) is 34.9. The van der Waals surface area contributed by atoms with E-state index in [0.717, 1.165) is 11.3 Å². The summed E-state index contributed by atoms with van der Waals surface area (Å²) in [5.74, 6) is -1.99. The minimum Gasteiger partial charge on any atom is -0.462 e. The Labute approximate surface area is 289 Å². The van der Waals surface area contributed by atoms with Gasteiger partial charge in [-0.15, -0.1) is 23.1 Å². The number of carbonyl (C=O) groups is 4. The molecule has 0 saturated heterocycles. The van der Waals surface area contributed by atoms with Gasteiger partial charge in [-0.1, -0.05) is 54.6 Å². The molecule has 4 aromatic carbocycles. The Kier molecular flexibility index (Phi) is 11.2. The lowest BCUT2D eigenvalue weighted by Gasteiger charge is -2.18. The first-order valence-corrected chi connectivity index (χ1v) is 16.7. The third-order valence-corrected chi connectivity index (χ3v) is 9.58. The molecule has 1 aromatic heterocycles. The summed E-state index contributed by atoms with van der Waals surface area (Å²) in [6.07, 6.45) is 0. The summed E-state index contributed by atoms with van der Waals surface area (Å²) in [6.45, 7) is 3.41. The van der Waals surface area contributed by atoms with Gasteiger partial charge in [0.25, 0.3) is 17.5 Å². The van der Waals surface area contributed by atoms with E-state index in [0.29, 0.717) is 27.4 Å². The first-order chi connectivity index (χ1) is 23.6. The van der Waals surface area contributed by atoms with E-state index >= 15 is 0 Å². The summed E-state index contributed by atoms with van der Waals surface area (Å²) < 4.78 is 5.29. The molecule has 0 aliphatic heterocycles. The van der Waals surface area contributed by atoms with Crippen molar-refractivity contribution in [3.8, 4) is 0 Å². The number of esters is 1. The highest BCUT2D eigenvalue weighted by atomic mass is 32.2. The van der Waals surface area contributed by atoms with Crippen molar-refractivity contribution in [2.45, 2.75) is 24.0 Å². The molecule has 1 unspecified atom stereocenters. The second kappa shape index (κ2) is 15.9. The highest BCUT2D eigenvalue weighted by Gasteiger charge is 2.30. The Hall–Kier alpha value is -5.79. The van der Waals surface area contributed by atoms with E-state index in [2.05, 4.69) is 16.0 Å². The van der Waals surface area contributed by atoms with Crippen LogP contribution >= 0.6 is 23.1 Å². The molecular weight excluding hydrogens is 665 g/mol. The molecule has 248 valence electrons. The molecule has 1 atom stereocenters. The molecule has 5 aromatic rings. The van der Waals surface area contributed by atoms with E-state index in [1.807, 2.05) is 36.4 Å². The van der Waals surface area contributed by atoms with Gasteiger partial charge in [-0.25, -0.2) is 4.79 Å². The van der Waals surface area contributed by atoms with Crippen molar-refractivity contribution in [1.29, 1.82) is 0 Å². The van der Waals surface area contributed by atoms with Crippen LogP contribution in [0.2, 0.25) is 0 Å². The molecule has 0 aliphatic carbocycles. The number of nitro benzene ring substituents is 1. The number of amides is 3. The third-order valence-electron chi connectivity index (χ3n) is 7.13. The Morgan fingerprint density at radius 3 is 2.10 bits per heavy atom. The molecule has 13 heteroatoms. The molecule has 49 heavy (non-hydrogen) atoms. The fourth-order valence-corrected chi connectivity index (χ4v) is 6.95. The Morgan fingerprint density at radius 2 is 1.45 bits per heavy atom. The van der Waals surface area contributed by atoms with E-state index < -0.39 is 33.9 Å². The quantitative estimate of drug-likeness (QED) is 0.0512. The summed E-state index contributed by atoms with van der Waals surface area (Å²) in [5, 5.41) is 18.9. The van der Waals surface area contributed by atoms with Gasteiger partial charge in [0.05, 0.1) is 22.0 Å². The highest BCUT2D eigenvalue weighted by Crippen LogP contribution is 2.40. The van der Waals surface area contributed by atoms with E-state index in [1.54, 1.807) is 62.4 Å². The van der Waals surface area contributed by atoms with Crippen LogP contribution in [0.1, 0.15) is 53.7 Å². The maximum atomic E-state index is 14.1. The number of anilines is 3. The number of nitrogens with one attached hydrogen (secondary N) is 3. The molecule has 0 saturated carbocycles. The van der Waals surface area contributed by atoms with Crippen LogP contribution in [0.15, 0.2) is 114 Å². The predicted octanol–water partition coefficient (Wildman–Crippen LogP) is 8.12. The van der Waals surface area contributed by atoms with E-state index in [-0.39, 0.29) is 33.3 Å². The average molecular weight is 695 g/mol. The zero-order valence-electron chi connectivity index (χ0n) is 26.3. The number of ether oxygens (including phenoxy) is 1. The molecule has 0 spiro atoms. The van der Waals surface area contributed by atoms with Crippen LogP contribution in [0.3, 0.4) is 0 Å². The lowest BCUT2D eigenvalue weighted by atomic mass is 10.1. The second-order valence-electron chi connectivity index (χ2n) is 10.5. The molecule has 11 nitrogen and oxygen atoms in total. The van der Waals surface area contributed by atoms with Crippen molar-refractivity contribution in [2.24, 2.45) is 0 Å². The minimum absolute atomic E-state index is 0.103. The van der Waals surface area contributed by atoms with Gasteiger partial charge in [-0.2, -0.15) is 0 Å². The van der Waals surface area contributed by atoms with Crippen LogP contribution in [-0.4, -0.2) is 35.2 Å². The number of rotatable bonds is 12. The molecule has 1 heterocycles. The second-order valence-corrected chi connectivity index (χ2v) is 12.7. The normalized spacial score (nSPS) is 11.2. The van der Waals surface area contributed by atoms with Crippen molar-refractivity contribution in [3.05, 3.63) is 146 Å². The number of non-ortho nitro benzene ring substituents is 1. The maximum absolute atomic E-state index is 14.1. The molecule has 0 bridgehead atoms. The summed E-state index contributed by atoms with van der Waals surface area (Å²) in [7, 11) is 0. The zero-order valence-corrected chi connectivity index (χ0v) is 27.9. The van der Waals surface area contributed by atoms with Gasteiger partial charge in [0.1, 0.15) is 10.3 Å². The summed E-state index contributed by atoms with van der Waals surface area (Å²) in [5.41, 5.74) is 2.31. The Balaban J connectivity index is 1.40. The Morgan fingerprint density at radius 1 is 0.816 bits per heavy atom. The van der Waals surface area contributed by atoms with Gasteiger partial charge in [-0.3, -0.25) is 24.5 Å². The number of para-hydroxylation sites is 1. The number of thiophene rings is 1. The molecule has 3 amide bonds. The van der Waals surface area contributed by atoms with Gasteiger partial charge >= 0.3 is 5.97 Å². The minimum atomic E-state index is -0.805. The molecule has 0 aliphatic rings. The number of nitrogens with zero attached hydrogens (tertiary/aromatic N) is 1. The Bertz CT molecular complexity index is 2000. The molecule has 3 N–H and O–H groups in total. The van der Waals surface area contributed by atoms with Gasteiger partial charge in [0.2, 0.25) is 5.91 Å². The van der Waals surface area contributed by atoms with Gasteiger partial charge < -0.3 is 20.7 Å². The van der Waals surface area contributed by atoms with E-state index in [4.69, 9.17) is 4.74 Å². The topological polar surface area (TPSA) is 157 Å². The largest absolute Gasteiger partial charge is 0.462 e. The predicted molar refractivity (Wildman–Crippen MR) is 191 cm³/mol. The van der Waals surface area contributed by atoms with Crippen LogP contribution in [-0.2, 0) is 9.53 Å². The number of thioether (sulfide) groups is 1. The highest BCUT2D eigenvalue weighted by molar-refractivity contribution is 8.00. The number of hydrogen-bond donors (Lipinski definition) is 3. The van der Waals surface area contributed by atoms with Crippen molar-refractivity contribution in [1.82, 2.24) is 0 Å². The molecule has 0 radical (unpaired) electrons. The van der Waals surface area contributed by atoms with Crippen LogP contribution < -0.4 is 16.0 Å². The smallest absolute Gasteiger partial charge is 0.341 e. The monoisotopic (exact) mass is 694 g/mol. The number of nitro groups is 1. The van der Waals surface area contributed by atoms with Crippen molar-refractivity contribution < 1.29 is 28.8 Å². The van der Waals surface area contributed by atoms with Crippen LogP contribution in [0.4, 0.5) is 22.1 Å². The molecule has 5 rings (SSSR count). The first-order valence-electron chi connectivity index (χ1n) is 15.0. The number of benzene rings is 4. The summed E-state index contributed by atoms with van der Waals surface area (Å²) in [6, 6.07) is 30.1. The van der Waals surface area contributed by atoms with Crippen LogP contribution in [0.5, 0.6) is 0 Å². The van der Waals surface area contributed by atoms with Crippen molar-refractivity contribution >= 4 is 68.9 Å². The maximum Gasteiger partial charge on any atom is 0.341 e. The lowest BCUT2D eigenvalue weighted by molar-refractivity contribution is -0.384. The van der Waals surface area contributed by atoms with Gasteiger partial charge in [-0.05, 0) is 67.4 Å². The fourth-order valence-electron chi connectivity index (χ4n) is 4.78. The van der Waals surface area contributed by atoms with Crippen molar-refractivity contribution in [2.75, 3.05) is 22.6 Å². The third kappa shape index (κ3) is 8.58. The SMILES string of the molecule is CCOC(=O)c1c(NC(=O)C(Sc2cccc(NC(=O)c3ccc([N+](=O)[O-])cc3)c2)c2ccccc2)sc(C(=O)Nc2ccccc2)c1C. The van der Waals surface area contributed by atoms with E-state index in [9.17, 15) is 29.3 Å². The lowest BCUT2D eigenvalue weighted by Crippen LogP contribution is -2.20. The van der Waals surface area contributed by atoms with E-state index in [1.165, 1.54) is 36.0 Å². The first kappa shape index (κ1) is 34.5. The average Bonchev–Trinajstić information content (AvgIpc) is 3.43. The van der Waals surface area contributed by atoms with Crippen LogP contribution in [0, 0.1) is 17.0 Å². The number of hydrogen-bond acceptors (Lipinski definition) is 9.